The average Bonchev–Trinajstić information content (AvgIpc) is 2.54. The van der Waals surface area contributed by atoms with E-state index in [4.69, 9.17) is 0 Å². The second-order valence-corrected chi connectivity index (χ2v) is 5.74. The summed E-state index contributed by atoms with van der Waals surface area (Å²) in [6.45, 7) is 0. The van der Waals surface area contributed by atoms with Gasteiger partial charge in [0.15, 0.2) is 0 Å². The average molecular weight is 284 g/mol. The Bertz CT molecular complexity index is 612. The van der Waals surface area contributed by atoms with E-state index in [1.807, 2.05) is 31.4 Å². The molecule has 1 aliphatic carbocycles. The molecule has 0 fully saturated rings. The van der Waals surface area contributed by atoms with Gasteiger partial charge in [0.05, 0.1) is 0 Å². The molecule has 0 aliphatic heterocycles. The van der Waals surface area contributed by atoms with Crippen molar-refractivity contribution in [2.75, 3.05) is 7.05 Å². The number of likely N-dealkylation sites (N-methyl/N-ethyl adjacent to an activating group) is 1. The number of hydrogen-bond acceptors (Lipinski definition) is 2. The molecule has 2 nitrogen and oxygen atoms in total. The lowest BCUT2D eigenvalue weighted by atomic mass is 9.80. The molecule has 2 aromatic rings. The van der Waals surface area contributed by atoms with Crippen LogP contribution in [0.15, 0.2) is 42.6 Å². The van der Waals surface area contributed by atoms with Crippen molar-refractivity contribution in [3.63, 3.8) is 0 Å². The number of pyridine rings is 1. The Balaban J connectivity index is 1.86. The van der Waals surface area contributed by atoms with Gasteiger partial charge in [-0.25, -0.2) is 4.39 Å². The van der Waals surface area contributed by atoms with Gasteiger partial charge in [-0.1, -0.05) is 24.3 Å². The molecule has 0 radical (unpaired) electrons. The van der Waals surface area contributed by atoms with Gasteiger partial charge >= 0.3 is 0 Å². The maximum Gasteiger partial charge on any atom is 0.126 e. The first-order chi connectivity index (χ1) is 10.3. The van der Waals surface area contributed by atoms with Gasteiger partial charge in [-0.05, 0) is 56.0 Å². The van der Waals surface area contributed by atoms with Crippen LogP contribution in [0.3, 0.4) is 0 Å². The maximum absolute atomic E-state index is 13.9. The molecule has 2 atom stereocenters. The highest BCUT2D eigenvalue weighted by atomic mass is 19.1. The molecule has 1 N–H and O–H groups in total. The van der Waals surface area contributed by atoms with Gasteiger partial charge in [-0.3, -0.25) is 4.98 Å². The van der Waals surface area contributed by atoms with Crippen LogP contribution in [-0.4, -0.2) is 18.1 Å². The van der Waals surface area contributed by atoms with E-state index in [9.17, 15) is 4.39 Å². The Hall–Kier alpha value is -1.74. The molecule has 1 aromatic heterocycles. The quantitative estimate of drug-likeness (QED) is 0.930. The van der Waals surface area contributed by atoms with E-state index >= 15 is 0 Å². The summed E-state index contributed by atoms with van der Waals surface area (Å²) >= 11 is 0. The number of fused-ring (bicyclic) bond motifs is 1. The molecule has 1 aliphatic rings. The topological polar surface area (TPSA) is 24.9 Å². The minimum absolute atomic E-state index is 0.116. The third kappa shape index (κ3) is 2.98. The van der Waals surface area contributed by atoms with Crippen LogP contribution < -0.4 is 5.32 Å². The monoisotopic (exact) mass is 284 g/mol. The standard InChI is InChI=1S/C18H21FN2/c1-20-17(12-14-6-2-3-10-16(14)19)15-9-4-7-13-8-5-11-21-18(13)15/h2-3,5-6,8,10-11,15,17,20H,4,7,9,12H2,1H3. The van der Waals surface area contributed by atoms with E-state index in [1.165, 1.54) is 23.7 Å². The van der Waals surface area contributed by atoms with E-state index in [-0.39, 0.29) is 11.9 Å². The molecule has 21 heavy (non-hydrogen) atoms. The highest BCUT2D eigenvalue weighted by molar-refractivity contribution is 5.28. The second kappa shape index (κ2) is 6.35. The molecule has 1 aromatic carbocycles. The smallest absolute Gasteiger partial charge is 0.126 e. The van der Waals surface area contributed by atoms with Crippen LogP contribution in [-0.2, 0) is 12.8 Å². The Morgan fingerprint density at radius 3 is 2.95 bits per heavy atom. The summed E-state index contributed by atoms with van der Waals surface area (Å²) in [5.74, 6) is 0.245. The highest BCUT2D eigenvalue weighted by Gasteiger charge is 2.28. The predicted octanol–water partition coefficient (Wildman–Crippen LogP) is 3.47. The molecule has 0 bridgehead atoms. The lowest BCUT2D eigenvalue weighted by molar-refractivity contribution is 0.398. The summed E-state index contributed by atoms with van der Waals surface area (Å²) in [7, 11) is 1.96. The van der Waals surface area contributed by atoms with Gasteiger partial charge < -0.3 is 5.32 Å². The molecule has 3 heteroatoms. The molecular weight excluding hydrogens is 263 g/mol. The van der Waals surface area contributed by atoms with Crippen LogP contribution in [0.25, 0.3) is 0 Å². The fourth-order valence-electron chi connectivity index (χ4n) is 3.38. The van der Waals surface area contributed by atoms with Crippen molar-refractivity contribution >= 4 is 0 Å². The van der Waals surface area contributed by atoms with Gasteiger partial charge in [-0.2, -0.15) is 0 Å². The van der Waals surface area contributed by atoms with Crippen LogP contribution >= 0.6 is 0 Å². The van der Waals surface area contributed by atoms with Crippen LogP contribution in [0, 0.1) is 5.82 Å². The Morgan fingerprint density at radius 1 is 1.29 bits per heavy atom. The zero-order chi connectivity index (χ0) is 14.7. The molecule has 0 saturated carbocycles. The largest absolute Gasteiger partial charge is 0.316 e. The molecule has 0 spiro atoms. The van der Waals surface area contributed by atoms with E-state index in [0.29, 0.717) is 12.3 Å². The SMILES string of the molecule is CNC(Cc1ccccc1F)C1CCCc2cccnc21. The summed E-state index contributed by atoms with van der Waals surface area (Å²) in [5.41, 5.74) is 3.32. The van der Waals surface area contributed by atoms with Crippen LogP contribution in [0.5, 0.6) is 0 Å². The van der Waals surface area contributed by atoms with Crippen LogP contribution in [0.1, 0.15) is 35.6 Å². The summed E-state index contributed by atoms with van der Waals surface area (Å²) in [4.78, 5) is 4.60. The number of rotatable bonds is 4. The van der Waals surface area contributed by atoms with Crippen molar-refractivity contribution in [2.24, 2.45) is 0 Å². The Morgan fingerprint density at radius 2 is 2.14 bits per heavy atom. The van der Waals surface area contributed by atoms with Crippen molar-refractivity contribution in [2.45, 2.75) is 37.6 Å². The summed E-state index contributed by atoms with van der Waals surface area (Å²) in [6, 6.07) is 11.5. The van der Waals surface area contributed by atoms with Crippen molar-refractivity contribution in [3.05, 3.63) is 65.2 Å². The van der Waals surface area contributed by atoms with E-state index in [1.54, 1.807) is 6.07 Å². The molecule has 2 unspecified atom stereocenters. The summed E-state index contributed by atoms with van der Waals surface area (Å²) in [6.07, 6.45) is 5.97. The number of aromatic nitrogens is 1. The molecule has 0 saturated heterocycles. The minimum atomic E-state index is -0.116. The molecule has 110 valence electrons. The van der Waals surface area contributed by atoms with Crippen molar-refractivity contribution in [1.82, 2.24) is 10.3 Å². The van der Waals surface area contributed by atoms with Gasteiger partial charge in [0.25, 0.3) is 0 Å². The zero-order valence-electron chi connectivity index (χ0n) is 12.3. The van der Waals surface area contributed by atoms with Crippen molar-refractivity contribution < 1.29 is 4.39 Å². The highest BCUT2D eigenvalue weighted by Crippen LogP contribution is 2.33. The predicted molar refractivity (Wildman–Crippen MR) is 82.9 cm³/mol. The number of nitrogens with one attached hydrogen (secondary N) is 1. The third-order valence-corrected chi connectivity index (χ3v) is 4.49. The first kappa shape index (κ1) is 14.2. The van der Waals surface area contributed by atoms with Gasteiger partial charge in [0.1, 0.15) is 5.82 Å². The Kier molecular flexibility index (Phi) is 4.30. The normalized spacial score (nSPS) is 19.0. The molecule has 3 rings (SSSR count). The first-order valence-electron chi connectivity index (χ1n) is 7.64. The lowest BCUT2D eigenvalue weighted by Gasteiger charge is -2.31. The van der Waals surface area contributed by atoms with Gasteiger partial charge in [0, 0.05) is 23.9 Å². The number of aryl methyl sites for hydroxylation is 1. The number of hydrogen-bond donors (Lipinski definition) is 1. The maximum atomic E-state index is 13.9. The fraction of sp³-hybridized carbons (Fsp3) is 0.389. The molecular formula is C18H21FN2. The second-order valence-electron chi connectivity index (χ2n) is 5.74. The van der Waals surface area contributed by atoms with Crippen molar-refractivity contribution in [1.29, 1.82) is 0 Å². The number of nitrogens with zero attached hydrogens (tertiary/aromatic N) is 1. The van der Waals surface area contributed by atoms with Crippen LogP contribution in [0.2, 0.25) is 0 Å². The van der Waals surface area contributed by atoms with E-state index in [0.717, 1.165) is 18.4 Å². The first-order valence-corrected chi connectivity index (χ1v) is 7.64. The fourth-order valence-corrected chi connectivity index (χ4v) is 3.38. The van der Waals surface area contributed by atoms with E-state index in [2.05, 4.69) is 16.4 Å². The lowest BCUT2D eigenvalue weighted by Crippen LogP contribution is -2.36. The summed E-state index contributed by atoms with van der Waals surface area (Å²) in [5, 5.41) is 3.38. The number of benzene rings is 1. The van der Waals surface area contributed by atoms with Crippen molar-refractivity contribution in [3.8, 4) is 0 Å². The summed E-state index contributed by atoms with van der Waals surface area (Å²) < 4.78 is 13.9. The molecule has 0 amide bonds. The number of halogens is 1. The van der Waals surface area contributed by atoms with E-state index < -0.39 is 0 Å². The van der Waals surface area contributed by atoms with Gasteiger partial charge in [-0.15, -0.1) is 0 Å². The third-order valence-electron chi connectivity index (χ3n) is 4.49. The van der Waals surface area contributed by atoms with Gasteiger partial charge in [0.2, 0.25) is 0 Å². The molecule has 1 heterocycles. The minimum Gasteiger partial charge on any atom is -0.316 e. The zero-order valence-corrected chi connectivity index (χ0v) is 12.3. The Labute approximate surface area is 125 Å². The van der Waals surface area contributed by atoms with Crippen LogP contribution in [0.4, 0.5) is 4.39 Å².